The first-order chi connectivity index (χ1) is 27.9. The number of aliphatic hydroxyl groups is 3. The second-order valence-electron chi connectivity index (χ2n) is 17.0. The molecule has 0 spiro atoms. The van der Waals surface area contributed by atoms with Gasteiger partial charge in [0.1, 0.15) is 34.7 Å². The van der Waals surface area contributed by atoms with Crippen molar-refractivity contribution >= 4 is 17.7 Å². The molecule has 3 heterocycles. The fourth-order valence-electron chi connectivity index (χ4n) is 10.9. The zero-order valence-electron chi connectivity index (χ0n) is 33.1. The molecule has 9 atom stereocenters. The highest BCUT2D eigenvalue weighted by Gasteiger charge is 2.59. The minimum absolute atomic E-state index is 0.0623. The topological polar surface area (TPSA) is 171 Å². The smallest absolute Gasteiger partial charge is 0.334 e. The quantitative estimate of drug-likeness (QED) is 0.119. The van der Waals surface area contributed by atoms with Gasteiger partial charge >= 0.3 is 11.9 Å². The maximum Gasteiger partial charge on any atom is 0.334 e. The van der Waals surface area contributed by atoms with Gasteiger partial charge in [-0.2, -0.15) is 0 Å². The van der Waals surface area contributed by atoms with Gasteiger partial charge in [0.05, 0.1) is 25.0 Å². The summed E-state index contributed by atoms with van der Waals surface area (Å²) in [6.45, 7) is 3.51. The van der Waals surface area contributed by atoms with Crippen molar-refractivity contribution < 1.29 is 49.4 Å². The summed E-state index contributed by atoms with van der Waals surface area (Å²) in [7, 11) is 0. The number of fused-ring (bicyclic) bond motifs is 7. The molecule has 0 saturated heterocycles. The summed E-state index contributed by atoms with van der Waals surface area (Å²) in [6.07, 6.45) is 2.58. The lowest BCUT2D eigenvalue weighted by atomic mass is 9.53. The van der Waals surface area contributed by atoms with Gasteiger partial charge < -0.3 is 35.0 Å². The number of rotatable bonds is 4. The van der Waals surface area contributed by atoms with E-state index in [1.807, 2.05) is 38.1 Å². The summed E-state index contributed by atoms with van der Waals surface area (Å²) < 4.78 is 12.4. The molecule has 2 fully saturated rings. The lowest BCUT2D eigenvalue weighted by molar-refractivity contribution is -0.212. The molecule has 3 aromatic carbocycles. The molecular weight excluding hydrogens is 737 g/mol. The number of carbonyl (C=O) groups is 3. The number of hydrogen-bond acceptors (Lipinski definition) is 10. The second-order valence-corrected chi connectivity index (χ2v) is 17.0. The van der Waals surface area contributed by atoms with Crippen LogP contribution in [-0.4, -0.2) is 61.1 Å². The number of ketones is 1. The molecule has 2 aliphatic carbocycles. The number of phenolic OH excluding ortho intramolecular Hbond substituents is 2. The number of benzene rings is 3. The third-order valence-electron chi connectivity index (χ3n) is 13.7. The van der Waals surface area contributed by atoms with Gasteiger partial charge in [0.2, 0.25) is 0 Å². The molecule has 10 heteroatoms. The summed E-state index contributed by atoms with van der Waals surface area (Å²) in [5.41, 5.74) is 2.67. The maximum absolute atomic E-state index is 15.0. The average Bonchev–Trinajstić information content (AvgIpc) is 3.20. The summed E-state index contributed by atoms with van der Waals surface area (Å²) in [5, 5.41) is 58.0. The molecular formula is C48H52O10. The number of aromatic hydroxyl groups is 2. The number of carbonyl (C=O) groups excluding carboxylic acids is 3. The molecule has 9 unspecified atom stereocenters. The molecule has 0 radical (unpaired) electrons. The number of Topliss-reactive ketones (excluding diaryl/α,β-unsaturated/α-hetero) is 1. The predicted molar refractivity (Wildman–Crippen MR) is 214 cm³/mol. The first-order valence-corrected chi connectivity index (χ1v) is 20.9. The van der Waals surface area contributed by atoms with E-state index in [0.717, 1.165) is 17.5 Å². The lowest BCUT2D eigenvalue weighted by Crippen LogP contribution is -2.63. The highest BCUT2D eigenvalue weighted by Crippen LogP contribution is 2.55. The number of ether oxygens (including phenoxy) is 2. The maximum atomic E-state index is 15.0. The Bertz CT molecular complexity index is 2230. The summed E-state index contributed by atoms with van der Waals surface area (Å²) in [6, 6.07) is 14.2. The molecule has 10 bridgehead atoms. The van der Waals surface area contributed by atoms with Gasteiger partial charge in [0, 0.05) is 47.8 Å². The van der Waals surface area contributed by atoms with Crippen LogP contribution in [0.4, 0.5) is 0 Å². The van der Waals surface area contributed by atoms with E-state index in [0.29, 0.717) is 59.9 Å². The molecule has 10 nitrogen and oxygen atoms in total. The third kappa shape index (κ3) is 7.33. The number of phenols is 2. The predicted octanol–water partition coefficient (Wildman–Crippen LogP) is 6.04. The van der Waals surface area contributed by atoms with Crippen LogP contribution in [0.1, 0.15) is 110 Å². The van der Waals surface area contributed by atoms with Crippen LogP contribution in [0.2, 0.25) is 0 Å². The number of hydrogen-bond donors (Lipinski definition) is 5. The van der Waals surface area contributed by atoms with Crippen molar-refractivity contribution in [2.45, 2.75) is 121 Å². The minimum atomic E-state index is -1.60. The van der Waals surface area contributed by atoms with E-state index in [-0.39, 0.29) is 85.1 Å². The Morgan fingerprint density at radius 3 is 2.41 bits per heavy atom. The van der Waals surface area contributed by atoms with Gasteiger partial charge in [0.25, 0.3) is 0 Å². The Morgan fingerprint density at radius 2 is 1.66 bits per heavy atom. The number of esters is 2. The normalized spacial score (nSPS) is 30.8. The summed E-state index contributed by atoms with van der Waals surface area (Å²) in [4.78, 5) is 42.0. The Balaban J connectivity index is 1.38. The highest BCUT2D eigenvalue weighted by atomic mass is 16.6. The zero-order valence-corrected chi connectivity index (χ0v) is 33.1. The van der Waals surface area contributed by atoms with E-state index in [9.17, 15) is 39.9 Å². The van der Waals surface area contributed by atoms with Crippen LogP contribution in [0, 0.1) is 35.5 Å². The monoisotopic (exact) mass is 788 g/mol. The standard InChI is InChI=1S/C48H52O10/c1-3-34-10-11-38-40-18-27-7-5-6-26(14-27)16-35(50)21-33-19-29(31-15-28(25-49)17-36(51)20-31)8-9-30-24-44(53)58-46-37(4-2)45(54)32(22-39(30)46)23-43(57-47(33)55)48(34,56)41(38)12-13-42(40)52/h5-7,14-15,17,20-22,29-30,34-35,38,40-41,43,49-51,54,56H,3-4,10-13,16,18-19,23-25H2,1-2H3. The van der Waals surface area contributed by atoms with E-state index >= 15 is 0 Å². The Hall–Kier alpha value is -4.95. The van der Waals surface area contributed by atoms with Gasteiger partial charge in [-0.15, -0.1) is 0 Å². The highest BCUT2D eigenvalue weighted by molar-refractivity contribution is 5.89. The van der Waals surface area contributed by atoms with Crippen LogP contribution in [0.5, 0.6) is 17.2 Å². The lowest BCUT2D eigenvalue weighted by Gasteiger charge is -2.56. The van der Waals surface area contributed by atoms with Crippen molar-refractivity contribution in [2.24, 2.45) is 23.7 Å². The molecule has 0 aromatic heterocycles. The molecule has 5 aliphatic rings. The molecule has 304 valence electrons. The summed E-state index contributed by atoms with van der Waals surface area (Å²) in [5.74, 6) is 2.85. The molecule has 0 amide bonds. The molecule has 5 N–H and O–H groups in total. The van der Waals surface area contributed by atoms with Crippen molar-refractivity contribution in [3.05, 3.63) is 99.1 Å². The first-order valence-electron chi connectivity index (χ1n) is 20.9. The fourth-order valence-corrected chi connectivity index (χ4v) is 10.9. The van der Waals surface area contributed by atoms with Crippen LogP contribution < -0.4 is 4.74 Å². The van der Waals surface area contributed by atoms with Crippen LogP contribution in [-0.2, 0) is 51.4 Å². The SMILES string of the molecule is CCc1c(O)c2cc3c1OC(=O)CC3C#CC(c1cc(O)cc(CO)c1)CC1=CC(O)Cc3cccc(c3)CC3C(=O)CCC4C3CCC(CC)C4(O)C(C2)OC1=O. The Morgan fingerprint density at radius 1 is 0.879 bits per heavy atom. The van der Waals surface area contributed by atoms with Gasteiger partial charge in [-0.25, -0.2) is 4.79 Å². The molecule has 8 rings (SSSR count). The minimum Gasteiger partial charge on any atom is -0.508 e. The van der Waals surface area contributed by atoms with Crippen LogP contribution in [0.3, 0.4) is 0 Å². The number of aliphatic hydroxyl groups excluding tert-OH is 2. The van der Waals surface area contributed by atoms with Crippen molar-refractivity contribution in [2.75, 3.05) is 0 Å². The molecule has 3 aliphatic heterocycles. The van der Waals surface area contributed by atoms with E-state index < -0.39 is 47.5 Å². The molecule has 3 aromatic rings. The van der Waals surface area contributed by atoms with Crippen LogP contribution in [0.25, 0.3) is 0 Å². The molecule has 2 saturated carbocycles. The largest absolute Gasteiger partial charge is 0.508 e. The molecule has 58 heavy (non-hydrogen) atoms. The third-order valence-corrected chi connectivity index (χ3v) is 13.7. The van der Waals surface area contributed by atoms with Crippen molar-refractivity contribution in [3.63, 3.8) is 0 Å². The van der Waals surface area contributed by atoms with Crippen molar-refractivity contribution in [3.8, 4) is 29.1 Å². The van der Waals surface area contributed by atoms with Crippen LogP contribution in [0.15, 0.2) is 60.2 Å². The van der Waals surface area contributed by atoms with Crippen LogP contribution >= 0.6 is 0 Å². The Kier molecular flexibility index (Phi) is 11.0. The van der Waals surface area contributed by atoms with Gasteiger partial charge in [-0.1, -0.05) is 62.4 Å². The summed E-state index contributed by atoms with van der Waals surface area (Å²) >= 11 is 0. The van der Waals surface area contributed by atoms with Crippen molar-refractivity contribution in [1.82, 2.24) is 0 Å². The van der Waals surface area contributed by atoms with Gasteiger partial charge in [-0.3, -0.25) is 9.59 Å². The van der Waals surface area contributed by atoms with E-state index in [4.69, 9.17) is 9.47 Å². The van der Waals surface area contributed by atoms with Crippen molar-refractivity contribution in [1.29, 1.82) is 0 Å². The van der Waals surface area contributed by atoms with E-state index in [2.05, 4.69) is 11.8 Å². The van der Waals surface area contributed by atoms with E-state index in [1.54, 1.807) is 12.1 Å². The second kappa shape index (κ2) is 16.0. The van der Waals surface area contributed by atoms with E-state index in [1.165, 1.54) is 18.2 Å². The Labute approximate surface area is 338 Å². The van der Waals surface area contributed by atoms with Gasteiger partial charge in [0.15, 0.2) is 0 Å². The zero-order chi connectivity index (χ0) is 40.9. The fraction of sp³-hybridized carbons (Fsp3) is 0.479. The average molecular weight is 789 g/mol. The van der Waals surface area contributed by atoms with Gasteiger partial charge in [-0.05, 0) is 108 Å². The first kappa shape index (κ1) is 39.9.